The van der Waals surface area contributed by atoms with E-state index in [4.69, 9.17) is 0 Å². The van der Waals surface area contributed by atoms with E-state index in [2.05, 4.69) is 11.9 Å². The van der Waals surface area contributed by atoms with E-state index in [9.17, 15) is 9.50 Å². The van der Waals surface area contributed by atoms with Gasteiger partial charge in [0.05, 0.1) is 0 Å². The molecule has 1 aliphatic carbocycles. The molecule has 0 heterocycles. The normalized spacial score (nSPS) is 17.9. The summed E-state index contributed by atoms with van der Waals surface area (Å²) in [6.07, 6.45) is 7.73. The van der Waals surface area contributed by atoms with Gasteiger partial charge in [0.2, 0.25) is 0 Å². The van der Waals surface area contributed by atoms with Crippen LogP contribution in [0.5, 0.6) is 5.75 Å². The van der Waals surface area contributed by atoms with Crippen molar-refractivity contribution in [2.75, 3.05) is 7.05 Å². The standard InChI is InChI=1S/C15H22FNO/c1-17(14-6-4-2-3-5-7-14)11-12-8-13(16)10-15(18)9-12/h8-10,14,18H,2-7,11H2,1H3. The molecule has 0 aromatic heterocycles. The minimum absolute atomic E-state index is 0.0132. The van der Waals surface area contributed by atoms with Crippen molar-refractivity contribution in [3.8, 4) is 5.75 Å². The molecule has 0 amide bonds. The Morgan fingerprint density at radius 3 is 2.44 bits per heavy atom. The first-order valence-electron chi connectivity index (χ1n) is 6.84. The van der Waals surface area contributed by atoms with Gasteiger partial charge in [-0.2, -0.15) is 0 Å². The lowest BCUT2D eigenvalue weighted by Gasteiger charge is -2.27. The zero-order valence-corrected chi connectivity index (χ0v) is 11.0. The lowest BCUT2D eigenvalue weighted by molar-refractivity contribution is 0.212. The highest BCUT2D eigenvalue weighted by atomic mass is 19.1. The Kier molecular flexibility index (Phi) is 4.59. The van der Waals surface area contributed by atoms with Gasteiger partial charge in [-0.25, -0.2) is 4.39 Å². The van der Waals surface area contributed by atoms with Crippen molar-refractivity contribution >= 4 is 0 Å². The maximum absolute atomic E-state index is 13.2. The Morgan fingerprint density at radius 1 is 1.17 bits per heavy atom. The van der Waals surface area contributed by atoms with Crippen LogP contribution in [0.4, 0.5) is 4.39 Å². The Labute approximate surface area is 108 Å². The molecule has 3 heteroatoms. The molecule has 0 saturated heterocycles. The van der Waals surface area contributed by atoms with Crippen LogP contribution in [0.15, 0.2) is 18.2 Å². The van der Waals surface area contributed by atoms with Gasteiger partial charge < -0.3 is 5.11 Å². The molecule has 2 rings (SSSR count). The number of phenols is 1. The largest absolute Gasteiger partial charge is 0.508 e. The van der Waals surface area contributed by atoms with Gasteiger partial charge in [-0.1, -0.05) is 25.7 Å². The van der Waals surface area contributed by atoms with E-state index >= 15 is 0 Å². The number of halogens is 1. The van der Waals surface area contributed by atoms with Crippen molar-refractivity contribution in [3.63, 3.8) is 0 Å². The maximum Gasteiger partial charge on any atom is 0.127 e. The fourth-order valence-electron chi connectivity index (χ4n) is 2.84. The minimum Gasteiger partial charge on any atom is -0.508 e. The number of benzene rings is 1. The Balaban J connectivity index is 1.98. The molecule has 0 radical (unpaired) electrons. The Hall–Kier alpha value is -1.09. The Morgan fingerprint density at radius 2 is 1.83 bits per heavy atom. The van der Waals surface area contributed by atoms with Crippen LogP contribution in [0.2, 0.25) is 0 Å². The second kappa shape index (κ2) is 6.19. The summed E-state index contributed by atoms with van der Waals surface area (Å²) in [4.78, 5) is 2.29. The zero-order valence-electron chi connectivity index (χ0n) is 11.0. The van der Waals surface area contributed by atoms with Crippen molar-refractivity contribution < 1.29 is 9.50 Å². The lowest BCUT2D eigenvalue weighted by atomic mass is 10.1. The van der Waals surface area contributed by atoms with Crippen molar-refractivity contribution in [2.24, 2.45) is 0 Å². The molecular weight excluding hydrogens is 229 g/mol. The van der Waals surface area contributed by atoms with Crippen LogP contribution in [-0.4, -0.2) is 23.1 Å². The number of nitrogens with zero attached hydrogens (tertiary/aromatic N) is 1. The van der Waals surface area contributed by atoms with Crippen LogP contribution in [0, 0.1) is 5.82 Å². The predicted octanol–water partition coefficient (Wildman–Crippen LogP) is 3.69. The van der Waals surface area contributed by atoms with Gasteiger partial charge in [-0.15, -0.1) is 0 Å². The summed E-state index contributed by atoms with van der Waals surface area (Å²) in [5, 5.41) is 9.40. The first kappa shape index (κ1) is 13.3. The van der Waals surface area contributed by atoms with E-state index in [1.165, 1.54) is 44.6 Å². The number of phenolic OH excluding ortho intramolecular Hbond substituents is 1. The molecule has 1 saturated carbocycles. The van der Waals surface area contributed by atoms with Crippen LogP contribution >= 0.6 is 0 Å². The number of rotatable bonds is 3. The van der Waals surface area contributed by atoms with Crippen LogP contribution in [0.1, 0.15) is 44.1 Å². The van der Waals surface area contributed by atoms with E-state index in [1.807, 2.05) is 0 Å². The van der Waals surface area contributed by atoms with Gasteiger partial charge in [0.15, 0.2) is 0 Å². The predicted molar refractivity (Wildman–Crippen MR) is 71.0 cm³/mol. The van der Waals surface area contributed by atoms with E-state index in [0.717, 1.165) is 11.6 Å². The molecule has 0 spiro atoms. The highest BCUT2D eigenvalue weighted by Gasteiger charge is 2.17. The van der Waals surface area contributed by atoms with Gasteiger partial charge in [0, 0.05) is 18.7 Å². The van der Waals surface area contributed by atoms with Gasteiger partial charge in [0.1, 0.15) is 11.6 Å². The van der Waals surface area contributed by atoms with Gasteiger partial charge >= 0.3 is 0 Å². The third kappa shape index (κ3) is 3.70. The first-order valence-corrected chi connectivity index (χ1v) is 6.84. The molecule has 0 unspecified atom stereocenters. The van der Waals surface area contributed by atoms with Gasteiger partial charge in [-0.05, 0) is 37.6 Å². The highest BCUT2D eigenvalue weighted by molar-refractivity contribution is 5.28. The second-order valence-electron chi connectivity index (χ2n) is 5.38. The van der Waals surface area contributed by atoms with E-state index < -0.39 is 0 Å². The number of aromatic hydroxyl groups is 1. The molecule has 0 bridgehead atoms. The average molecular weight is 251 g/mol. The molecule has 1 aromatic rings. The minimum atomic E-state index is -0.362. The molecule has 1 fully saturated rings. The van der Waals surface area contributed by atoms with Crippen LogP contribution < -0.4 is 0 Å². The first-order chi connectivity index (χ1) is 8.65. The van der Waals surface area contributed by atoms with Gasteiger partial charge in [0.25, 0.3) is 0 Å². The molecule has 18 heavy (non-hydrogen) atoms. The third-order valence-corrected chi connectivity index (χ3v) is 3.82. The summed E-state index contributed by atoms with van der Waals surface area (Å²) in [7, 11) is 2.10. The van der Waals surface area contributed by atoms with Crippen molar-refractivity contribution in [2.45, 2.75) is 51.1 Å². The maximum atomic E-state index is 13.2. The molecule has 0 atom stereocenters. The summed E-state index contributed by atoms with van der Waals surface area (Å²) in [5.74, 6) is -0.349. The molecular formula is C15H22FNO. The molecule has 1 aromatic carbocycles. The van der Waals surface area contributed by atoms with E-state index in [0.29, 0.717) is 12.6 Å². The summed E-state index contributed by atoms with van der Waals surface area (Å²) in [6, 6.07) is 4.90. The van der Waals surface area contributed by atoms with E-state index in [-0.39, 0.29) is 11.6 Å². The zero-order chi connectivity index (χ0) is 13.0. The summed E-state index contributed by atoms with van der Waals surface area (Å²) < 4.78 is 13.2. The van der Waals surface area contributed by atoms with Crippen molar-refractivity contribution in [1.82, 2.24) is 4.90 Å². The highest BCUT2D eigenvalue weighted by Crippen LogP contribution is 2.23. The van der Waals surface area contributed by atoms with Crippen LogP contribution in [0.3, 0.4) is 0 Å². The SMILES string of the molecule is CN(Cc1cc(O)cc(F)c1)C1CCCCCC1. The fourth-order valence-corrected chi connectivity index (χ4v) is 2.84. The molecule has 1 N–H and O–H groups in total. The summed E-state index contributed by atoms with van der Waals surface area (Å²) in [6.45, 7) is 0.704. The number of hydrogen-bond acceptors (Lipinski definition) is 2. The molecule has 2 nitrogen and oxygen atoms in total. The third-order valence-electron chi connectivity index (χ3n) is 3.82. The molecule has 100 valence electrons. The topological polar surface area (TPSA) is 23.5 Å². The average Bonchev–Trinajstić information content (AvgIpc) is 2.55. The summed E-state index contributed by atoms with van der Waals surface area (Å²) in [5.41, 5.74) is 0.847. The second-order valence-corrected chi connectivity index (χ2v) is 5.38. The fraction of sp³-hybridized carbons (Fsp3) is 0.600. The Bertz CT molecular complexity index is 366. The van der Waals surface area contributed by atoms with Crippen molar-refractivity contribution in [3.05, 3.63) is 29.6 Å². The molecule has 1 aliphatic rings. The van der Waals surface area contributed by atoms with Crippen LogP contribution in [-0.2, 0) is 6.54 Å². The van der Waals surface area contributed by atoms with Crippen LogP contribution in [0.25, 0.3) is 0 Å². The van der Waals surface area contributed by atoms with E-state index in [1.54, 1.807) is 6.07 Å². The number of hydrogen-bond donors (Lipinski definition) is 1. The lowest BCUT2D eigenvalue weighted by Crippen LogP contribution is -2.30. The molecule has 0 aliphatic heterocycles. The summed E-state index contributed by atoms with van der Waals surface area (Å²) >= 11 is 0. The monoisotopic (exact) mass is 251 g/mol. The smallest absolute Gasteiger partial charge is 0.127 e. The quantitative estimate of drug-likeness (QED) is 0.828. The van der Waals surface area contributed by atoms with Crippen molar-refractivity contribution in [1.29, 1.82) is 0 Å². The van der Waals surface area contributed by atoms with Gasteiger partial charge in [-0.3, -0.25) is 4.90 Å².